The number of aromatic nitrogens is 2. The van der Waals surface area contributed by atoms with Crippen molar-refractivity contribution in [2.45, 2.75) is 32.7 Å². The van der Waals surface area contributed by atoms with Gasteiger partial charge in [-0.1, -0.05) is 25.4 Å². The van der Waals surface area contributed by atoms with Crippen LogP contribution in [-0.4, -0.2) is 16.5 Å². The fourth-order valence-electron chi connectivity index (χ4n) is 2.40. The summed E-state index contributed by atoms with van der Waals surface area (Å²) < 4.78 is 0. The van der Waals surface area contributed by atoms with E-state index in [4.69, 9.17) is 11.6 Å². The van der Waals surface area contributed by atoms with E-state index < -0.39 is 0 Å². The highest BCUT2D eigenvalue weighted by molar-refractivity contribution is 6.31. The lowest BCUT2D eigenvalue weighted by molar-refractivity contribution is 0.545. The van der Waals surface area contributed by atoms with E-state index in [0.29, 0.717) is 0 Å². The second-order valence-electron chi connectivity index (χ2n) is 4.71. The molecule has 0 aliphatic heterocycles. The van der Waals surface area contributed by atoms with Gasteiger partial charge in [-0.25, -0.2) is 0 Å². The number of rotatable bonds is 6. The summed E-state index contributed by atoms with van der Waals surface area (Å²) in [6, 6.07) is 4.33. The Morgan fingerprint density at radius 2 is 1.85 bits per heavy atom. The molecule has 0 spiro atoms. The van der Waals surface area contributed by atoms with E-state index in [1.54, 1.807) is 12.4 Å². The summed E-state index contributed by atoms with van der Waals surface area (Å²) in [4.78, 5) is 8.26. The van der Waals surface area contributed by atoms with E-state index >= 15 is 0 Å². The van der Waals surface area contributed by atoms with Crippen molar-refractivity contribution in [3.63, 3.8) is 0 Å². The highest BCUT2D eigenvalue weighted by Crippen LogP contribution is 2.25. The van der Waals surface area contributed by atoms with Gasteiger partial charge in [0.05, 0.1) is 5.02 Å². The first-order valence-electron chi connectivity index (χ1n) is 7.00. The molecule has 0 bridgehead atoms. The molecular weight excluding hydrogens is 270 g/mol. The molecule has 4 heteroatoms. The molecule has 2 aromatic heterocycles. The van der Waals surface area contributed by atoms with Crippen LogP contribution in [0.4, 0.5) is 0 Å². The lowest BCUT2D eigenvalue weighted by Crippen LogP contribution is -2.24. The lowest BCUT2D eigenvalue weighted by Gasteiger charge is -2.21. The Bertz CT molecular complexity index is 557. The van der Waals surface area contributed by atoms with Crippen LogP contribution in [0.1, 0.15) is 36.6 Å². The highest BCUT2D eigenvalue weighted by Gasteiger charge is 2.15. The Hall–Kier alpha value is -1.45. The third-order valence-electron chi connectivity index (χ3n) is 3.43. The zero-order valence-electron chi connectivity index (χ0n) is 11.9. The first-order chi connectivity index (χ1) is 9.76. The molecule has 0 aliphatic carbocycles. The van der Waals surface area contributed by atoms with Crippen molar-refractivity contribution in [2.75, 3.05) is 6.54 Å². The molecule has 0 saturated heterocycles. The molecule has 2 heterocycles. The number of nitrogens with zero attached hydrogens (tertiary/aromatic N) is 2. The molecule has 2 aromatic rings. The van der Waals surface area contributed by atoms with Gasteiger partial charge >= 0.3 is 0 Å². The summed E-state index contributed by atoms with van der Waals surface area (Å²) in [6.45, 7) is 5.19. The standard InChI is InChI=1S/C16H20ClN3/c1-3-12-10-18-8-6-14(12)16(20-4-2)9-13-5-7-19-11-15(13)17/h5-8,10-11,16,20H,3-4,9H2,1-2H3. The van der Waals surface area contributed by atoms with Gasteiger partial charge in [0, 0.05) is 30.8 Å². The van der Waals surface area contributed by atoms with Crippen LogP contribution in [0, 0.1) is 0 Å². The Morgan fingerprint density at radius 3 is 2.55 bits per heavy atom. The lowest BCUT2D eigenvalue weighted by atomic mass is 9.95. The van der Waals surface area contributed by atoms with Gasteiger partial charge in [-0.15, -0.1) is 0 Å². The van der Waals surface area contributed by atoms with E-state index in [9.17, 15) is 0 Å². The molecule has 0 aliphatic rings. The van der Waals surface area contributed by atoms with E-state index in [0.717, 1.165) is 30.0 Å². The van der Waals surface area contributed by atoms with Crippen LogP contribution >= 0.6 is 11.6 Å². The molecule has 0 fully saturated rings. The molecule has 1 atom stereocenters. The number of likely N-dealkylation sites (N-methyl/N-ethyl adjacent to an activating group) is 1. The van der Waals surface area contributed by atoms with Crippen LogP contribution in [0.15, 0.2) is 36.9 Å². The van der Waals surface area contributed by atoms with E-state index in [2.05, 4.69) is 35.2 Å². The molecule has 0 aromatic carbocycles. The van der Waals surface area contributed by atoms with E-state index in [-0.39, 0.29) is 6.04 Å². The zero-order chi connectivity index (χ0) is 14.4. The van der Waals surface area contributed by atoms with Gasteiger partial charge in [0.1, 0.15) is 0 Å². The Labute approximate surface area is 125 Å². The number of nitrogens with one attached hydrogen (secondary N) is 1. The molecule has 106 valence electrons. The summed E-state index contributed by atoms with van der Waals surface area (Å²) in [5, 5.41) is 4.27. The molecule has 1 unspecified atom stereocenters. The minimum absolute atomic E-state index is 0.248. The van der Waals surface area contributed by atoms with Crippen LogP contribution < -0.4 is 5.32 Å². The van der Waals surface area contributed by atoms with Crippen LogP contribution in [0.25, 0.3) is 0 Å². The zero-order valence-corrected chi connectivity index (χ0v) is 12.7. The predicted molar refractivity (Wildman–Crippen MR) is 83.0 cm³/mol. The fraction of sp³-hybridized carbons (Fsp3) is 0.375. The SMILES string of the molecule is CCNC(Cc1ccncc1Cl)c1ccncc1CC. The average molecular weight is 290 g/mol. The van der Waals surface area contributed by atoms with Crippen molar-refractivity contribution in [2.24, 2.45) is 0 Å². The molecule has 2 rings (SSSR count). The Morgan fingerprint density at radius 1 is 1.10 bits per heavy atom. The summed E-state index contributed by atoms with van der Waals surface area (Å²) in [5.41, 5.74) is 3.70. The summed E-state index contributed by atoms with van der Waals surface area (Å²) in [7, 11) is 0. The Kier molecular flexibility index (Phi) is 5.50. The second-order valence-corrected chi connectivity index (χ2v) is 5.12. The molecule has 1 N–H and O–H groups in total. The fourth-order valence-corrected chi connectivity index (χ4v) is 2.60. The monoisotopic (exact) mass is 289 g/mol. The maximum Gasteiger partial charge on any atom is 0.0622 e. The van der Waals surface area contributed by atoms with Crippen LogP contribution in [0.2, 0.25) is 5.02 Å². The van der Waals surface area contributed by atoms with Crippen molar-refractivity contribution in [1.82, 2.24) is 15.3 Å². The first kappa shape index (κ1) is 14.9. The molecule has 0 radical (unpaired) electrons. The minimum Gasteiger partial charge on any atom is -0.310 e. The second kappa shape index (κ2) is 7.36. The number of halogens is 1. The van der Waals surface area contributed by atoms with Crippen molar-refractivity contribution in [3.8, 4) is 0 Å². The van der Waals surface area contributed by atoms with Crippen LogP contribution in [0.3, 0.4) is 0 Å². The quantitative estimate of drug-likeness (QED) is 0.883. The van der Waals surface area contributed by atoms with Crippen molar-refractivity contribution in [3.05, 3.63) is 58.6 Å². The molecule has 0 amide bonds. The van der Waals surface area contributed by atoms with Crippen LogP contribution in [-0.2, 0) is 12.8 Å². The Balaban J connectivity index is 2.29. The predicted octanol–water partition coefficient (Wildman–Crippen LogP) is 3.59. The smallest absolute Gasteiger partial charge is 0.0622 e. The van der Waals surface area contributed by atoms with E-state index in [1.807, 2.05) is 18.5 Å². The van der Waals surface area contributed by atoms with Gasteiger partial charge in [-0.3, -0.25) is 9.97 Å². The maximum atomic E-state index is 6.23. The van der Waals surface area contributed by atoms with Crippen molar-refractivity contribution < 1.29 is 0 Å². The minimum atomic E-state index is 0.248. The highest BCUT2D eigenvalue weighted by atomic mass is 35.5. The van der Waals surface area contributed by atoms with Gasteiger partial charge in [-0.05, 0) is 48.2 Å². The third-order valence-corrected chi connectivity index (χ3v) is 3.77. The third kappa shape index (κ3) is 3.56. The van der Waals surface area contributed by atoms with E-state index in [1.165, 1.54) is 11.1 Å². The average Bonchev–Trinajstić information content (AvgIpc) is 2.49. The van der Waals surface area contributed by atoms with Gasteiger partial charge in [0.25, 0.3) is 0 Å². The van der Waals surface area contributed by atoms with Gasteiger partial charge in [0.15, 0.2) is 0 Å². The topological polar surface area (TPSA) is 37.8 Å². The number of hydrogen-bond donors (Lipinski definition) is 1. The molecule has 20 heavy (non-hydrogen) atoms. The largest absolute Gasteiger partial charge is 0.310 e. The molecule has 0 saturated carbocycles. The summed E-state index contributed by atoms with van der Waals surface area (Å²) in [5.74, 6) is 0. The van der Waals surface area contributed by atoms with Gasteiger partial charge in [-0.2, -0.15) is 0 Å². The van der Waals surface area contributed by atoms with Crippen molar-refractivity contribution in [1.29, 1.82) is 0 Å². The maximum absolute atomic E-state index is 6.23. The number of aryl methyl sites for hydroxylation is 1. The summed E-state index contributed by atoms with van der Waals surface area (Å²) >= 11 is 6.23. The number of hydrogen-bond acceptors (Lipinski definition) is 3. The van der Waals surface area contributed by atoms with Crippen LogP contribution in [0.5, 0.6) is 0 Å². The summed E-state index contributed by atoms with van der Waals surface area (Å²) in [6.07, 6.45) is 9.13. The molecular formula is C16H20ClN3. The van der Waals surface area contributed by atoms with Gasteiger partial charge in [0.2, 0.25) is 0 Å². The molecule has 3 nitrogen and oxygen atoms in total. The van der Waals surface area contributed by atoms with Gasteiger partial charge < -0.3 is 5.32 Å². The number of pyridine rings is 2. The normalized spacial score (nSPS) is 12.3. The van der Waals surface area contributed by atoms with Crippen molar-refractivity contribution >= 4 is 11.6 Å². The first-order valence-corrected chi connectivity index (χ1v) is 7.38.